The lowest BCUT2D eigenvalue weighted by atomic mass is 9.45. The molecule has 0 radical (unpaired) electrons. The second kappa shape index (κ2) is 5.63. The number of rotatable bonds is 1. The lowest BCUT2D eigenvalue weighted by Crippen LogP contribution is -2.57. The van der Waals surface area contributed by atoms with Crippen molar-refractivity contribution in [1.82, 2.24) is 0 Å². The largest absolute Gasteiger partial charge is 0.368 e. The third-order valence-corrected chi connectivity index (χ3v) is 7.53. The van der Waals surface area contributed by atoms with Gasteiger partial charge in [-0.1, -0.05) is 33.3 Å². The normalized spacial score (nSPS) is 48.5. The van der Waals surface area contributed by atoms with E-state index in [1.165, 1.54) is 31.3 Å². The fourth-order valence-electron chi connectivity index (χ4n) is 6.20. The summed E-state index contributed by atoms with van der Waals surface area (Å²) in [6.45, 7) is 11.7. The van der Waals surface area contributed by atoms with Crippen LogP contribution < -0.4 is 0 Å². The number of aliphatic hydroxyl groups excluding tert-OH is 1. The van der Waals surface area contributed by atoms with Crippen LogP contribution in [-0.2, 0) is 4.74 Å². The molecule has 3 rings (SSSR count). The Morgan fingerprint density at radius 1 is 1.18 bits per heavy atom. The van der Waals surface area contributed by atoms with E-state index in [9.17, 15) is 5.11 Å². The molecule has 6 atom stereocenters. The van der Waals surface area contributed by atoms with Gasteiger partial charge in [-0.3, -0.25) is 0 Å². The Morgan fingerprint density at radius 3 is 2.59 bits per heavy atom. The van der Waals surface area contributed by atoms with Crippen molar-refractivity contribution >= 4 is 0 Å². The van der Waals surface area contributed by atoms with Gasteiger partial charge in [-0.2, -0.15) is 0 Å². The summed E-state index contributed by atoms with van der Waals surface area (Å²) < 4.78 is 5.97. The van der Waals surface area contributed by atoms with Crippen molar-refractivity contribution in [2.24, 2.45) is 28.6 Å². The van der Waals surface area contributed by atoms with Crippen LogP contribution in [0.2, 0.25) is 0 Å². The number of hydrogen-bond acceptors (Lipinski definition) is 2. The second-order valence-electron chi connectivity index (χ2n) is 9.03. The fraction of sp³-hybridized carbons (Fsp3) is 0.900. The minimum Gasteiger partial charge on any atom is -0.368 e. The number of fused-ring (bicyclic) bond motifs is 3. The quantitative estimate of drug-likeness (QED) is 0.697. The lowest BCUT2D eigenvalue weighted by Gasteiger charge is -2.61. The molecule has 6 unspecified atom stereocenters. The van der Waals surface area contributed by atoms with Gasteiger partial charge in [-0.25, -0.2) is 0 Å². The van der Waals surface area contributed by atoms with Crippen molar-refractivity contribution < 1.29 is 9.84 Å². The van der Waals surface area contributed by atoms with Crippen molar-refractivity contribution in [3.05, 3.63) is 11.6 Å². The smallest absolute Gasteiger partial charge is 0.158 e. The molecule has 2 heteroatoms. The molecule has 1 heterocycles. The van der Waals surface area contributed by atoms with Gasteiger partial charge in [0.15, 0.2) is 6.29 Å². The highest BCUT2D eigenvalue weighted by molar-refractivity contribution is 5.11. The molecule has 1 N–H and O–H groups in total. The van der Waals surface area contributed by atoms with Crippen molar-refractivity contribution in [2.45, 2.75) is 85.5 Å². The topological polar surface area (TPSA) is 29.5 Å². The van der Waals surface area contributed by atoms with Gasteiger partial charge in [0.05, 0.1) is 6.10 Å². The Morgan fingerprint density at radius 2 is 1.91 bits per heavy atom. The van der Waals surface area contributed by atoms with Gasteiger partial charge in [0.25, 0.3) is 0 Å². The van der Waals surface area contributed by atoms with E-state index in [1.807, 2.05) is 0 Å². The highest BCUT2D eigenvalue weighted by Crippen LogP contribution is 2.63. The van der Waals surface area contributed by atoms with Crippen LogP contribution in [0.5, 0.6) is 0 Å². The van der Waals surface area contributed by atoms with E-state index in [4.69, 9.17) is 4.74 Å². The number of allylic oxidation sites excluding steroid dienone is 1. The van der Waals surface area contributed by atoms with Gasteiger partial charge < -0.3 is 9.84 Å². The van der Waals surface area contributed by atoms with Crippen LogP contribution in [0.4, 0.5) is 0 Å². The lowest BCUT2D eigenvalue weighted by molar-refractivity contribution is -0.247. The number of ether oxygens (including phenoxy) is 1. The molecular weight excluding hydrogens is 272 g/mol. The first-order valence-corrected chi connectivity index (χ1v) is 9.26. The predicted octanol–water partition coefficient (Wildman–Crippen LogP) is 4.92. The summed E-state index contributed by atoms with van der Waals surface area (Å²) in [6, 6.07) is 0. The van der Waals surface area contributed by atoms with Crippen molar-refractivity contribution in [3.63, 3.8) is 0 Å². The predicted molar refractivity (Wildman–Crippen MR) is 90.4 cm³/mol. The molecule has 1 saturated heterocycles. The third-order valence-electron chi connectivity index (χ3n) is 7.53. The summed E-state index contributed by atoms with van der Waals surface area (Å²) >= 11 is 0. The summed E-state index contributed by atoms with van der Waals surface area (Å²) in [6.07, 6.45) is 9.22. The minimum absolute atomic E-state index is 0.113. The van der Waals surface area contributed by atoms with Gasteiger partial charge in [-0.05, 0) is 74.2 Å². The zero-order valence-corrected chi connectivity index (χ0v) is 15.1. The summed E-state index contributed by atoms with van der Waals surface area (Å²) in [5, 5.41) is 10.6. The molecule has 2 nitrogen and oxygen atoms in total. The molecule has 0 spiro atoms. The third kappa shape index (κ3) is 2.47. The van der Waals surface area contributed by atoms with E-state index in [2.05, 4.69) is 40.7 Å². The maximum atomic E-state index is 10.6. The molecule has 2 aliphatic carbocycles. The van der Waals surface area contributed by atoms with E-state index in [-0.39, 0.29) is 6.10 Å². The SMILES string of the molecule is CC=C(C)C1CC2C(CCC3C(C)(C)CCCC23C)C(O)O1. The zero-order valence-electron chi connectivity index (χ0n) is 15.1. The van der Waals surface area contributed by atoms with Gasteiger partial charge >= 0.3 is 0 Å². The molecule has 2 saturated carbocycles. The van der Waals surface area contributed by atoms with Crippen LogP contribution in [-0.4, -0.2) is 17.5 Å². The van der Waals surface area contributed by atoms with E-state index in [0.29, 0.717) is 22.7 Å². The Balaban J connectivity index is 1.92. The molecule has 126 valence electrons. The maximum Gasteiger partial charge on any atom is 0.158 e. The van der Waals surface area contributed by atoms with Gasteiger partial charge in [0, 0.05) is 5.92 Å². The molecule has 3 aliphatic rings. The van der Waals surface area contributed by atoms with E-state index in [0.717, 1.165) is 18.8 Å². The van der Waals surface area contributed by atoms with Gasteiger partial charge in [0.1, 0.15) is 0 Å². The maximum absolute atomic E-state index is 10.6. The molecule has 0 aromatic heterocycles. The first-order chi connectivity index (χ1) is 10.3. The Bertz CT molecular complexity index is 453. The molecule has 0 bridgehead atoms. The van der Waals surface area contributed by atoms with Crippen molar-refractivity contribution in [1.29, 1.82) is 0 Å². The van der Waals surface area contributed by atoms with E-state index >= 15 is 0 Å². The average Bonchev–Trinajstić information content (AvgIpc) is 2.46. The average molecular weight is 306 g/mol. The van der Waals surface area contributed by atoms with Crippen LogP contribution in [0.15, 0.2) is 11.6 Å². The number of aliphatic hydroxyl groups is 1. The van der Waals surface area contributed by atoms with Crippen molar-refractivity contribution in [3.8, 4) is 0 Å². The Hall–Kier alpha value is -0.340. The van der Waals surface area contributed by atoms with Gasteiger partial charge in [-0.15, -0.1) is 0 Å². The van der Waals surface area contributed by atoms with Crippen LogP contribution in [0, 0.1) is 28.6 Å². The first kappa shape index (κ1) is 16.5. The summed E-state index contributed by atoms with van der Waals surface area (Å²) in [5.74, 6) is 1.75. The minimum atomic E-state index is -0.568. The zero-order chi connectivity index (χ0) is 16.1. The summed E-state index contributed by atoms with van der Waals surface area (Å²) in [5.41, 5.74) is 2.10. The standard InChI is InChI=1S/C20H34O2/c1-6-13(2)16-12-15-14(18(21)22-16)8-9-17-19(3,4)10-7-11-20(15,17)5/h6,14-18,21H,7-12H2,1-5H3. The molecule has 3 fully saturated rings. The highest BCUT2D eigenvalue weighted by Gasteiger charge is 2.57. The second-order valence-corrected chi connectivity index (χ2v) is 9.03. The Labute approximate surface area is 136 Å². The van der Waals surface area contributed by atoms with Crippen LogP contribution in [0.25, 0.3) is 0 Å². The molecule has 0 amide bonds. The van der Waals surface area contributed by atoms with Crippen molar-refractivity contribution in [2.75, 3.05) is 0 Å². The monoisotopic (exact) mass is 306 g/mol. The summed E-state index contributed by atoms with van der Waals surface area (Å²) in [4.78, 5) is 0. The van der Waals surface area contributed by atoms with Gasteiger partial charge in [0.2, 0.25) is 0 Å². The molecule has 0 aromatic carbocycles. The van der Waals surface area contributed by atoms with Crippen LogP contribution in [0.1, 0.15) is 73.1 Å². The molecule has 22 heavy (non-hydrogen) atoms. The van der Waals surface area contributed by atoms with Crippen LogP contribution >= 0.6 is 0 Å². The van der Waals surface area contributed by atoms with Crippen LogP contribution in [0.3, 0.4) is 0 Å². The first-order valence-electron chi connectivity index (χ1n) is 9.26. The van der Waals surface area contributed by atoms with E-state index < -0.39 is 6.29 Å². The fourth-order valence-corrected chi connectivity index (χ4v) is 6.20. The summed E-state index contributed by atoms with van der Waals surface area (Å²) in [7, 11) is 0. The molecule has 1 aliphatic heterocycles. The molecule has 0 aromatic rings. The highest BCUT2D eigenvalue weighted by atomic mass is 16.6. The van der Waals surface area contributed by atoms with E-state index in [1.54, 1.807) is 0 Å². The Kier molecular flexibility index (Phi) is 4.23. The number of hydrogen-bond donors (Lipinski definition) is 1. The molecular formula is C20H34O2.